The summed E-state index contributed by atoms with van der Waals surface area (Å²) in [6, 6.07) is 13.8. The molecule has 3 rings (SSSR count). The number of carbonyl (C=O) groups is 1. The molecule has 4 nitrogen and oxygen atoms in total. The third-order valence-electron chi connectivity index (χ3n) is 3.38. The van der Waals surface area contributed by atoms with E-state index >= 15 is 0 Å². The molecule has 1 aromatic carbocycles. The minimum atomic E-state index is -0.0192. The van der Waals surface area contributed by atoms with Crippen LogP contribution in [0.3, 0.4) is 0 Å². The van der Waals surface area contributed by atoms with E-state index in [-0.39, 0.29) is 5.91 Å². The second kappa shape index (κ2) is 6.58. The Kier molecular flexibility index (Phi) is 4.34. The standard InChI is InChI=1S/C17H17N3OS/c1-13-19-14(12-20(13)15-6-3-2-4-7-15)9-10-18-17(21)16-8-5-11-22-16/h2-8,11-12H,9-10H2,1H3,(H,18,21). The number of para-hydroxylation sites is 1. The zero-order valence-corrected chi connectivity index (χ0v) is 13.1. The first-order valence-corrected chi connectivity index (χ1v) is 8.04. The Morgan fingerprint density at radius 1 is 1.23 bits per heavy atom. The Labute approximate surface area is 133 Å². The molecule has 22 heavy (non-hydrogen) atoms. The molecule has 3 aromatic rings. The minimum absolute atomic E-state index is 0.0192. The normalized spacial score (nSPS) is 10.6. The van der Waals surface area contributed by atoms with E-state index in [0.29, 0.717) is 6.54 Å². The number of hydrogen-bond acceptors (Lipinski definition) is 3. The van der Waals surface area contributed by atoms with Crippen LogP contribution in [-0.2, 0) is 6.42 Å². The van der Waals surface area contributed by atoms with Crippen molar-refractivity contribution in [3.63, 3.8) is 0 Å². The maximum atomic E-state index is 11.9. The predicted octanol–water partition coefficient (Wildman–Crippen LogP) is 3.21. The van der Waals surface area contributed by atoms with Gasteiger partial charge in [0.15, 0.2) is 0 Å². The lowest BCUT2D eigenvalue weighted by Crippen LogP contribution is -2.24. The lowest BCUT2D eigenvalue weighted by molar-refractivity contribution is 0.0958. The van der Waals surface area contributed by atoms with Crippen molar-refractivity contribution in [2.24, 2.45) is 0 Å². The van der Waals surface area contributed by atoms with Crippen LogP contribution in [0.25, 0.3) is 5.69 Å². The number of benzene rings is 1. The molecule has 0 saturated heterocycles. The van der Waals surface area contributed by atoms with Gasteiger partial charge in [-0.25, -0.2) is 4.98 Å². The van der Waals surface area contributed by atoms with Crippen molar-refractivity contribution in [1.29, 1.82) is 0 Å². The van der Waals surface area contributed by atoms with Crippen molar-refractivity contribution in [3.05, 3.63) is 70.4 Å². The smallest absolute Gasteiger partial charge is 0.261 e. The number of aryl methyl sites for hydroxylation is 1. The molecule has 0 unspecified atom stereocenters. The minimum Gasteiger partial charge on any atom is -0.351 e. The molecule has 5 heteroatoms. The number of nitrogens with zero attached hydrogens (tertiary/aromatic N) is 2. The van der Waals surface area contributed by atoms with E-state index in [1.807, 2.05) is 48.8 Å². The maximum absolute atomic E-state index is 11.9. The first kappa shape index (κ1) is 14.5. The topological polar surface area (TPSA) is 46.9 Å². The van der Waals surface area contributed by atoms with Gasteiger partial charge in [-0.3, -0.25) is 4.79 Å². The van der Waals surface area contributed by atoms with Gasteiger partial charge in [0.1, 0.15) is 5.82 Å². The molecule has 0 spiro atoms. The van der Waals surface area contributed by atoms with Gasteiger partial charge in [0.2, 0.25) is 0 Å². The number of nitrogens with one attached hydrogen (secondary N) is 1. The van der Waals surface area contributed by atoms with Gasteiger partial charge in [0.05, 0.1) is 10.6 Å². The number of carbonyl (C=O) groups excluding carboxylic acids is 1. The van der Waals surface area contributed by atoms with Gasteiger partial charge in [0.25, 0.3) is 5.91 Å². The van der Waals surface area contributed by atoms with Crippen LogP contribution in [0.1, 0.15) is 21.2 Å². The molecular formula is C17H17N3OS. The average molecular weight is 311 g/mol. The fourth-order valence-corrected chi connectivity index (χ4v) is 2.94. The molecule has 1 amide bonds. The fourth-order valence-electron chi connectivity index (χ4n) is 2.30. The molecule has 0 saturated carbocycles. The van der Waals surface area contributed by atoms with Crippen molar-refractivity contribution in [3.8, 4) is 5.69 Å². The third-order valence-corrected chi connectivity index (χ3v) is 4.25. The van der Waals surface area contributed by atoms with Gasteiger partial charge < -0.3 is 9.88 Å². The summed E-state index contributed by atoms with van der Waals surface area (Å²) >= 11 is 1.45. The first-order chi connectivity index (χ1) is 10.7. The summed E-state index contributed by atoms with van der Waals surface area (Å²) in [4.78, 5) is 17.2. The van der Waals surface area contributed by atoms with Crippen molar-refractivity contribution in [2.75, 3.05) is 6.54 Å². The largest absolute Gasteiger partial charge is 0.351 e. The summed E-state index contributed by atoms with van der Waals surface area (Å²) in [5.74, 6) is 0.931. The quantitative estimate of drug-likeness (QED) is 0.786. The van der Waals surface area contributed by atoms with Gasteiger partial charge >= 0.3 is 0 Å². The SMILES string of the molecule is Cc1nc(CCNC(=O)c2cccs2)cn1-c1ccccc1. The number of amides is 1. The fraction of sp³-hybridized carbons (Fsp3) is 0.176. The van der Waals surface area contributed by atoms with Crippen LogP contribution in [0.5, 0.6) is 0 Å². The van der Waals surface area contributed by atoms with Crippen molar-refractivity contribution < 1.29 is 4.79 Å². The van der Waals surface area contributed by atoms with Crippen LogP contribution >= 0.6 is 11.3 Å². The Balaban J connectivity index is 1.61. The van der Waals surface area contributed by atoms with Crippen molar-refractivity contribution in [2.45, 2.75) is 13.3 Å². The number of rotatable bonds is 5. The summed E-state index contributed by atoms with van der Waals surface area (Å²) in [5.41, 5.74) is 2.08. The van der Waals surface area contributed by atoms with Crippen LogP contribution in [-0.4, -0.2) is 22.0 Å². The van der Waals surface area contributed by atoms with Crippen LogP contribution in [0.2, 0.25) is 0 Å². The number of imidazole rings is 1. The molecular weight excluding hydrogens is 294 g/mol. The van der Waals surface area contributed by atoms with Gasteiger partial charge in [0, 0.05) is 24.8 Å². The number of hydrogen-bond donors (Lipinski definition) is 1. The Hall–Kier alpha value is -2.40. The third kappa shape index (κ3) is 3.26. The monoisotopic (exact) mass is 311 g/mol. The Morgan fingerprint density at radius 2 is 2.05 bits per heavy atom. The van der Waals surface area contributed by atoms with Crippen LogP contribution in [0, 0.1) is 6.92 Å². The van der Waals surface area contributed by atoms with E-state index in [1.54, 1.807) is 0 Å². The van der Waals surface area contributed by atoms with Crippen molar-refractivity contribution in [1.82, 2.24) is 14.9 Å². The molecule has 0 aliphatic heterocycles. The number of aromatic nitrogens is 2. The molecule has 2 heterocycles. The molecule has 0 aliphatic carbocycles. The molecule has 0 aliphatic rings. The first-order valence-electron chi connectivity index (χ1n) is 7.16. The Bertz CT molecular complexity index is 748. The highest BCUT2D eigenvalue weighted by Gasteiger charge is 2.08. The van der Waals surface area contributed by atoms with Crippen LogP contribution in [0.4, 0.5) is 0 Å². The summed E-state index contributed by atoms with van der Waals surface area (Å²) in [7, 11) is 0. The molecule has 1 N–H and O–H groups in total. The zero-order valence-electron chi connectivity index (χ0n) is 12.3. The average Bonchev–Trinajstić information content (AvgIpc) is 3.18. The summed E-state index contributed by atoms with van der Waals surface area (Å²) in [6.45, 7) is 2.57. The summed E-state index contributed by atoms with van der Waals surface area (Å²) in [5, 5.41) is 4.83. The Morgan fingerprint density at radius 3 is 2.77 bits per heavy atom. The van der Waals surface area contributed by atoms with E-state index in [0.717, 1.165) is 28.5 Å². The lowest BCUT2D eigenvalue weighted by Gasteiger charge is -2.03. The van der Waals surface area contributed by atoms with E-state index in [1.165, 1.54) is 11.3 Å². The highest BCUT2D eigenvalue weighted by Crippen LogP contribution is 2.12. The van der Waals surface area contributed by atoms with E-state index in [9.17, 15) is 4.79 Å². The van der Waals surface area contributed by atoms with Gasteiger partial charge in [-0.1, -0.05) is 24.3 Å². The molecule has 0 fully saturated rings. The van der Waals surface area contributed by atoms with Crippen LogP contribution < -0.4 is 5.32 Å². The molecule has 0 bridgehead atoms. The van der Waals surface area contributed by atoms with Crippen LogP contribution in [0.15, 0.2) is 54.0 Å². The van der Waals surface area contributed by atoms with Gasteiger partial charge in [-0.05, 0) is 30.5 Å². The second-order valence-electron chi connectivity index (χ2n) is 4.97. The maximum Gasteiger partial charge on any atom is 0.261 e. The van der Waals surface area contributed by atoms with Crippen molar-refractivity contribution >= 4 is 17.2 Å². The highest BCUT2D eigenvalue weighted by molar-refractivity contribution is 7.12. The lowest BCUT2D eigenvalue weighted by atomic mass is 10.3. The van der Waals surface area contributed by atoms with E-state index in [4.69, 9.17) is 0 Å². The highest BCUT2D eigenvalue weighted by atomic mass is 32.1. The number of thiophene rings is 1. The second-order valence-corrected chi connectivity index (χ2v) is 5.92. The molecule has 0 radical (unpaired) electrons. The molecule has 112 valence electrons. The molecule has 0 atom stereocenters. The summed E-state index contributed by atoms with van der Waals surface area (Å²) in [6.07, 6.45) is 2.75. The van der Waals surface area contributed by atoms with E-state index in [2.05, 4.69) is 27.0 Å². The zero-order chi connectivity index (χ0) is 15.4. The summed E-state index contributed by atoms with van der Waals surface area (Å²) < 4.78 is 2.07. The van der Waals surface area contributed by atoms with Gasteiger partial charge in [-0.2, -0.15) is 0 Å². The predicted molar refractivity (Wildman–Crippen MR) is 88.7 cm³/mol. The van der Waals surface area contributed by atoms with Gasteiger partial charge in [-0.15, -0.1) is 11.3 Å². The van der Waals surface area contributed by atoms with E-state index < -0.39 is 0 Å². The molecule has 2 aromatic heterocycles.